The van der Waals surface area contributed by atoms with E-state index >= 15 is 0 Å². The highest BCUT2D eigenvalue weighted by Gasteiger charge is 2.29. The van der Waals surface area contributed by atoms with Gasteiger partial charge in [-0.25, -0.2) is 9.18 Å². The molecular formula is C18H23FN2O3. The van der Waals surface area contributed by atoms with Crippen molar-refractivity contribution in [1.82, 2.24) is 10.1 Å². The van der Waals surface area contributed by atoms with Crippen molar-refractivity contribution < 1.29 is 18.4 Å². The highest BCUT2D eigenvalue weighted by atomic mass is 19.1. The van der Waals surface area contributed by atoms with Gasteiger partial charge in [0.2, 0.25) is 0 Å². The van der Waals surface area contributed by atoms with Crippen LogP contribution in [0.5, 0.6) is 0 Å². The average molecular weight is 334 g/mol. The predicted molar refractivity (Wildman–Crippen MR) is 88.5 cm³/mol. The van der Waals surface area contributed by atoms with Crippen LogP contribution in [0.15, 0.2) is 16.7 Å². The van der Waals surface area contributed by atoms with Crippen LogP contribution in [0.2, 0.25) is 0 Å². The van der Waals surface area contributed by atoms with Crippen molar-refractivity contribution in [2.75, 3.05) is 13.1 Å². The van der Waals surface area contributed by atoms with Gasteiger partial charge in [-0.3, -0.25) is 0 Å². The molecule has 130 valence electrons. The van der Waals surface area contributed by atoms with E-state index in [-0.39, 0.29) is 17.8 Å². The number of fused-ring (bicyclic) bond motifs is 1. The first-order chi connectivity index (χ1) is 11.2. The third-order valence-electron chi connectivity index (χ3n) is 4.31. The fraction of sp³-hybridized carbons (Fsp3) is 0.556. The van der Waals surface area contributed by atoms with Gasteiger partial charge < -0.3 is 14.2 Å². The van der Waals surface area contributed by atoms with E-state index < -0.39 is 5.60 Å². The molecule has 1 fully saturated rings. The minimum atomic E-state index is -0.488. The maximum Gasteiger partial charge on any atom is 0.410 e. The number of aromatic nitrogens is 1. The van der Waals surface area contributed by atoms with E-state index in [9.17, 15) is 9.18 Å². The molecule has 6 heteroatoms. The lowest BCUT2D eigenvalue weighted by Crippen LogP contribution is -2.41. The zero-order valence-corrected chi connectivity index (χ0v) is 14.6. The van der Waals surface area contributed by atoms with Gasteiger partial charge in [0.1, 0.15) is 11.4 Å². The number of carbonyl (C=O) groups excluding carboxylic acids is 1. The highest BCUT2D eigenvalue weighted by Crippen LogP contribution is 2.33. The second kappa shape index (κ2) is 6.07. The maximum absolute atomic E-state index is 13.6. The normalized spacial score (nSPS) is 16.6. The molecule has 1 amide bonds. The number of ether oxygens (including phenoxy) is 1. The molecule has 1 saturated heterocycles. The van der Waals surface area contributed by atoms with E-state index in [1.165, 1.54) is 6.07 Å². The number of halogens is 1. The second-order valence-electron chi connectivity index (χ2n) is 7.41. The van der Waals surface area contributed by atoms with Crippen molar-refractivity contribution in [2.24, 2.45) is 0 Å². The Balaban J connectivity index is 1.71. The zero-order valence-electron chi connectivity index (χ0n) is 14.6. The Bertz CT molecular complexity index is 755. The summed E-state index contributed by atoms with van der Waals surface area (Å²) in [7, 11) is 0. The lowest BCUT2D eigenvalue weighted by Gasteiger charge is -2.32. The summed E-state index contributed by atoms with van der Waals surface area (Å²) in [6, 6.07) is 3.17. The molecule has 0 N–H and O–H groups in total. The number of benzene rings is 1. The van der Waals surface area contributed by atoms with E-state index in [1.807, 2.05) is 20.8 Å². The van der Waals surface area contributed by atoms with Gasteiger partial charge in [0.15, 0.2) is 5.58 Å². The van der Waals surface area contributed by atoms with Gasteiger partial charge in [-0.2, -0.15) is 0 Å². The smallest absolute Gasteiger partial charge is 0.410 e. The molecule has 3 rings (SSSR count). The van der Waals surface area contributed by atoms with Crippen molar-refractivity contribution >= 4 is 17.1 Å². The monoisotopic (exact) mass is 334 g/mol. The Morgan fingerprint density at radius 3 is 2.62 bits per heavy atom. The minimum Gasteiger partial charge on any atom is -0.444 e. The van der Waals surface area contributed by atoms with Crippen LogP contribution in [0.1, 0.15) is 50.8 Å². The Kier molecular flexibility index (Phi) is 4.24. The number of piperidine rings is 1. The molecule has 5 nitrogen and oxygen atoms in total. The van der Waals surface area contributed by atoms with Gasteiger partial charge >= 0.3 is 6.09 Å². The van der Waals surface area contributed by atoms with Gasteiger partial charge in [0.05, 0.1) is 5.69 Å². The van der Waals surface area contributed by atoms with E-state index in [0.29, 0.717) is 24.2 Å². The molecule has 2 heterocycles. The van der Waals surface area contributed by atoms with Crippen LogP contribution < -0.4 is 0 Å². The van der Waals surface area contributed by atoms with Gasteiger partial charge in [-0.15, -0.1) is 0 Å². The second-order valence-corrected chi connectivity index (χ2v) is 7.41. The lowest BCUT2D eigenvalue weighted by atomic mass is 9.91. The first-order valence-electron chi connectivity index (χ1n) is 8.28. The van der Waals surface area contributed by atoms with Crippen molar-refractivity contribution in [3.8, 4) is 0 Å². The van der Waals surface area contributed by atoms with Gasteiger partial charge in [0.25, 0.3) is 0 Å². The Hall–Kier alpha value is -2.11. The number of likely N-dealkylation sites (tertiary alicyclic amines) is 1. The Morgan fingerprint density at radius 2 is 2.00 bits per heavy atom. The van der Waals surface area contributed by atoms with Gasteiger partial charge in [-0.05, 0) is 52.2 Å². The van der Waals surface area contributed by atoms with E-state index in [0.717, 1.165) is 23.9 Å². The molecular weight excluding hydrogens is 311 g/mol. The van der Waals surface area contributed by atoms with Gasteiger partial charge in [-0.1, -0.05) is 5.16 Å². The zero-order chi connectivity index (χ0) is 17.5. The van der Waals surface area contributed by atoms with E-state index in [2.05, 4.69) is 5.16 Å². The summed E-state index contributed by atoms with van der Waals surface area (Å²) >= 11 is 0. The first-order valence-corrected chi connectivity index (χ1v) is 8.28. The molecule has 0 radical (unpaired) electrons. The molecule has 2 aromatic rings. The molecule has 0 spiro atoms. The van der Waals surface area contributed by atoms with Crippen LogP contribution >= 0.6 is 0 Å². The number of hydrogen-bond acceptors (Lipinski definition) is 4. The number of hydrogen-bond donors (Lipinski definition) is 0. The van der Waals surface area contributed by atoms with Crippen LogP contribution in [-0.4, -0.2) is 34.8 Å². The van der Waals surface area contributed by atoms with Gasteiger partial charge in [0, 0.05) is 30.5 Å². The van der Waals surface area contributed by atoms with E-state index in [1.54, 1.807) is 17.9 Å². The lowest BCUT2D eigenvalue weighted by molar-refractivity contribution is 0.0204. The van der Waals surface area contributed by atoms with Crippen LogP contribution in [0.25, 0.3) is 11.0 Å². The minimum absolute atomic E-state index is 0.204. The number of carbonyl (C=O) groups is 1. The van der Waals surface area contributed by atoms with Crippen LogP contribution in [-0.2, 0) is 4.74 Å². The van der Waals surface area contributed by atoms with Crippen molar-refractivity contribution in [3.63, 3.8) is 0 Å². The average Bonchev–Trinajstić information content (AvgIpc) is 2.89. The predicted octanol–water partition coefficient (Wildman–Crippen LogP) is 4.39. The summed E-state index contributed by atoms with van der Waals surface area (Å²) < 4.78 is 24.3. The molecule has 0 unspecified atom stereocenters. The number of amides is 1. The molecule has 0 atom stereocenters. The highest BCUT2D eigenvalue weighted by molar-refractivity contribution is 5.81. The standard InChI is InChI=1S/C18H23FN2O3/c1-11-9-13-15(10-14(11)19)24-20-16(13)12-5-7-21(8-6-12)17(22)23-18(2,3)4/h9-10,12H,5-8H2,1-4H3. The first kappa shape index (κ1) is 16.7. The fourth-order valence-electron chi connectivity index (χ4n) is 3.04. The summed E-state index contributed by atoms with van der Waals surface area (Å²) in [4.78, 5) is 13.9. The summed E-state index contributed by atoms with van der Waals surface area (Å²) in [5, 5.41) is 5.02. The largest absolute Gasteiger partial charge is 0.444 e. The molecule has 1 aromatic heterocycles. The number of aryl methyl sites for hydroxylation is 1. The van der Waals surface area contributed by atoms with Crippen LogP contribution in [0.3, 0.4) is 0 Å². The topological polar surface area (TPSA) is 55.6 Å². The van der Waals surface area contributed by atoms with Crippen LogP contribution in [0, 0.1) is 12.7 Å². The fourth-order valence-corrected chi connectivity index (χ4v) is 3.04. The maximum atomic E-state index is 13.6. The molecule has 0 aliphatic carbocycles. The summed E-state index contributed by atoms with van der Waals surface area (Å²) in [6.07, 6.45) is 1.30. The molecule has 0 bridgehead atoms. The number of nitrogens with zero attached hydrogens (tertiary/aromatic N) is 2. The van der Waals surface area contributed by atoms with Crippen molar-refractivity contribution in [2.45, 2.75) is 52.1 Å². The molecule has 24 heavy (non-hydrogen) atoms. The Morgan fingerprint density at radius 1 is 1.33 bits per heavy atom. The molecule has 1 aromatic carbocycles. The summed E-state index contributed by atoms with van der Waals surface area (Å²) in [5.41, 5.74) is 1.43. The number of rotatable bonds is 1. The third kappa shape index (κ3) is 3.37. The quantitative estimate of drug-likeness (QED) is 0.776. The van der Waals surface area contributed by atoms with E-state index in [4.69, 9.17) is 9.26 Å². The van der Waals surface area contributed by atoms with Crippen molar-refractivity contribution in [3.05, 3.63) is 29.2 Å². The third-order valence-corrected chi connectivity index (χ3v) is 4.31. The summed E-state index contributed by atoms with van der Waals surface area (Å²) in [5.74, 6) is -0.0836. The SMILES string of the molecule is Cc1cc2c(C3CCN(C(=O)OC(C)(C)C)CC3)noc2cc1F. The molecule has 1 aliphatic heterocycles. The van der Waals surface area contributed by atoms with Crippen LogP contribution in [0.4, 0.5) is 9.18 Å². The summed E-state index contributed by atoms with van der Waals surface area (Å²) in [6.45, 7) is 8.56. The molecule has 1 aliphatic rings. The molecule has 0 saturated carbocycles. The Labute approximate surface area is 140 Å². The van der Waals surface area contributed by atoms with Crippen molar-refractivity contribution in [1.29, 1.82) is 0 Å².